The number of rotatable bonds is 21. The van der Waals surface area contributed by atoms with Crippen LogP contribution in [0.5, 0.6) is 0 Å². The van der Waals surface area contributed by atoms with Gasteiger partial charge in [0.25, 0.3) is 0 Å². The predicted molar refractivity (Wildman–Crippen MR) is 125 cm³/mol. The predicted octanol–water partition coefficient (Wildman–Crippen LogP) is 6.15. The first kappa shape index (κ1) is 29.6. The number of hydrogen-bond acceptors (Lipinski definition) is 5. The molecule has 0 radical (unpaired) electrons. The van der Waals surface area contributed by atoms with Gasteiger partial charge < -0.3 is 15.6 Å². The first-order chi connectivity index (χ1) is 14.9. The molecule has 0 bridgehead atoms. The van der Waals surface area contributed by atoms with E-state index in [1.54, 1.807) is 0 Å². The number of hydrogen-bond donors (Lipinski definition) is 2. The zero-order valence-electron chi connectivity index (χ0n) is 20.0. The number of unbranched alkanes of at least 4 members (excludes halogenated alkanes) is 12. The summed E-state index contributed by atoms with van der Waals surface area (Å²) in [6.45, 7) is 4.40. The molecule has 0 aromatic heterocycles. The van der Waals surface area contributed by atoms with Gasteiger partial charge in [-0.15, -0.1) is 0 Å². The van der Waals surface area contributed by atoms with Crippen molar-refractivity contribution in [1.29, 1.82) is 0 Å². The van der Waals surface area contributed by atoms with E-state index in [4.69, 9.17) is 15.6 Å². The van der Waals surface area contributed by atoms with Gasteiger partial charge in [0.1, 0.15) is 6.04 Å². The van der Waals surface area contributed by atoms with Crippen molar-refractivity contribution in [3.8, 4) is 0 Å². The van der Waals surface area contributed by atoms with E-state index in [9.17, 15) is 14.4 Å². The minimum atomic E-state index is -1.07. The zero-order chi connectivity index (χ0) is 23.3. The minimum absolute atomic E-state index is 0.0262. The van der Waals surface area contributed by atoms with Gasteiger partial charge in [0.05, 0.1) is 5.92 Å². The molecule has 0 saturated carbocycles. The summed E-state index contributed by atoms with van der Waals surface area (Å²) in [7, 11) is 0. The van der Waals surface area contributed by atoms with Crippen LogP contribution in [0.4, 0.5) is 0 Å². The highest BCUT2D eigenvalue weighted by molar-refractivity contribution is 5.89. The Morgan fingerprint density at radius 2 is 1.10 bits per heavy atom. The Bertz CT molecular complexity index is 481. The number of carbonyl (C=O) groups is 3. The summed E-state index contributed by atoms with van der Waals surface area (Å²) in [6.07, 6.45) is 17.7. The highest BCUT2D eigenvalue weighted by atomic mass is 16.6. The molecule has 182 valence electrons. The van der Waals surface area contributed by atoms with E-state index in [1.165, 1.54) is 64.2 Å². The summed E-state index contributed by atoms with van der Waals surface area (Å²) >= 11 is 0. The maximum atomic E-state index is 12.6. The fraction of sp³-hybridized carbons (Fsp3) is 0.880. The molecule has 6 nitrogen and oxygen atoms in total. The molecule has 0 spiro atoms. The monoisotopic (exact) mass is 441 g/mol. The smallest absolute Gasteiger partial charge is 0.330 e. The van der Waals surface area contributed by atoms with Gasteiger partial charge in [0.2, 0.25) is 0 Å². The number of esters is 2. The van der Waals surface area contributed by atoms with Crippen LogP contribution in [0.25, 0.3) is 0 Å². The molecule has 0 amide bonds. The van der Waals surface area contributed by atoms with Crippen LogP contribution in [0.2, 0.25) is 0 Å². The van der Waals surface area contributed by atoms with E-state index in [1.807, 2.05) is 0 Å². The molecule has 3 N–H and O–H groups in total. The fourth-order valence-electron chi connectivity index (χ4n) is 3.73. The SMILES string of the molecule is CCCCCCCCCCC(CCCCCCCC)C(=O)OC(=O)[C@@H](N)CCC(=O)O. The summed E-state index contributed by atoms with van der Waals surface area (Å²) in [6, 6.07) is -1.07. The lowest BCUT2D eigenvalue weighted by Gasteiger charge is -2.17. The number of carboxylic acid groups (broad SMARTS) is 1. The summed E-state index contributed by atoms with van der Waals surface area (Å²) in [5.41, 5.74) is 5.68. The van der Waals surface area contributed by atoms with Crippen LogP contribution in [-0.2, 0) is 19.1 Å². The Morgan fingerprint density at radius 3 is 1.52 bits per heavy atom. The molecular formula is C25H47NO5. The number of aliphatic carboxylic acids is 1. The highest BCUT2D eigenvalue weighted by Gasteiger charge is 2.25. The van der Waals surface area contributed by atoms with Crippen molar-refractivity contribution in [3.05, 3.63) is 0 Å². The third-order valence-corrected chi connectivity index (χ3v) is 5.82. The Balaban J connectivity index is 4.40. The van der Waals surface area contributed by atoms with E-state index < -0.39 is 23.9 Å². The number of nitrogens with two attached hydrogens (primary N) is 1. The standard InChI is InChI=1S/C25H47NO5/c1-3-5-7-9-11-12-14-16-18-21(17-15-13-10-8-6-4-2)24(29)31-25(30)22(26)19-20-23(27)28/h21-22H,3-20,26H2,1-2H3,(H,27,28)/t21?,22-/m0/s1. The molecule has 0 aliphatic heterocycles. The van der Waals surface area contributed by atoms with Crippen molar-refractivity contribution in [2.45, 2.75) is 135 Å². The summed E-state index contributed by atoms with van der Waals surface area (Å²) in [4.78, 5) is 35.3. The molecule has 0 aliphatic rings. The summed E-state index contributed by atoms with van der Waals surface area (Å²) < 4.78 is 5.03. The molecule has 2 atom stereocenters. The molecule has 6 heteroatoms. The summed E-state index contributed by atoms with van der Waals surface area (Å²) in [5.74, 6) is -2.60. The second-order valence-electron chi connectivity index (χ2n) is 8.80. The average molecular weight is 442 g/mol. The van der Waals surface area contributed by atoms with Gasteiger partial charge in [0, 0.05) is 6.42 Å². The van der Waals surface area contributed by atoms with Gasteiger partial charge >= 0.3 is 17.9 Å². The van der Waals surface area contributed by atoms with Gasteiger partial charge in [-0.3, -0.25) is 9.59 Å². The largest absolute Gasteiger partial charge is 0.481 e. The van der Waals surface area contributed by atoms with Crippen LogP contribution in [0.3, 0.4) is 0 Å². The van der Waals surface area contributed by atoms with Crippen molar-refractivity contribution in [3.63, 3.8) is 0 Å². The lowest BCUT2D eigenvalue weighted by atomic mass is 9.94. The van der Waals surface area contributed by atoms with E-state index in [0.29, 0.717) is 0 Å². The van der Waals surface area contributed by atoms with Crippen LogP contribution >= 0.6 is 0 Å². The van der Waals surface area contributed by atoms with E-state index >= 15 is 0 Å². The second kappa shape index (κ2) is 20.5. The highest BCUT2D eigenvalue weighted by Crippen LogP contribution is 2.21. The molecule has 0 heterocycles. The van der Waals surface area contributed by atoms with Crippen molar-refractivity contribution < 1.29 is 24.2 Å². The van der Waals surface area contributed by atoms with Crippen molar-refractivity contribution in [2.75, 3.05) is 0 Å². The second-order valence-corrected chi connectivity index (χ2v) is 8.80. The maximum absolute atomic E-state index is 12.6. The van der Waals surface area contributed by atoms with Crippen LogP contribution in [0, 0.1) is 5.92 Å². The Hall–Kier alpha value is -1.43. The van der Waals surface area contributed by atoms with E-state index in [-0.39, 0.29) is 18.8 Å². The number of ether oxygens (including phenoxy) is 1. The first-order valence-electron chi connectivity index (χ1n) is 12.6. The third kappa shape index (κ3) is 17.9. The van der Waals surface area contributed by atoms with Crippen molar-refractivity contribution in [2.24, 2.45) is 11.7 Å². The van der Waals surface area contributed by atoms with Gasteiger partial charge in [-0.2, -0.15) is 0 Å². The number of carboxylic acids is 1. The lowest BCUT2D eigenvalue weighted by Crippen LogP contribution is -2.35. The van der Waals surface area contributed by atoms with Crippen molar-refractivity contribution in [1.82, 2.24) is 0 Å². The minimum Gasteiger partial charge on any atom is -0.481 e. The Kier molecular flexibility index (Phi) is 19.5. The van der Waals surface area contributed by atoms with Crippen molar-refractivity contribution >= 4 is 17.9 Å². The quantitative estimate of drug-likeness (QED) is 0.126. The molecule has 0 aliphatic carbocycles. The molecule has 0 rings (SSSR count). The average Bonchev–Trinajstić information content (AvgIpc) is 2.74. The Morgan fingerprint density at radius 1 is 0.677 bits per heavy atom. The molecule has 0 aromatic rings. The molecule has 0 saturated heterocycles. The van der Waals surface area contributed by atoms with Gasteiger partial charge in [-0.05, 0) is 19.3 Å². The molecule has 31 heavy (non-hydrogen) atoms. The van der Waals surface area contributed by atoms with Crippen LogP contribution in [-0.4, -0.2) is 29.1 Å². The van der Waals surface area contributed by atoms with E-state index in [2.05, 4.69) is 13.8 Å². The normalized spacial score (nSPS) is 13.0. The summed E-state index contributed by atoms with van der Waals surface area (Å²) in [5, 5.41) is 8.72. The molecular weight excluding hydrogens is 394 g/mol. The van der Waals surface area contributed by atoms with Gasteiger partial charge in [-0.1, -0.05) is 104 Å². The maximum Gasteiger partial charge on any atom is 0.330 e. The Labute approximate surface area is 189 Å². The third-order valence-electron chi connectivity index (χ3n) is 5.82. The van der Waals surface area contributed by atoms with Gasteiger partial charge in [-0.25, -0.2) is 4.79 Å². The van der Waals surface area contributed by atoms with Crippen LogP contribution < -0.4 is 5.73 Å². The topological polar surface area (TPSA) is 107 Å². The van der Waals surface area contributed by atoms with Crippen LogP contribution in [0.1, 0.15) is 129 Å². The number of carbonyl (C=O) groups excluding carboxylic acids is 2. The van der Waals surface area contributed by atoms with Crippen LogP contribution in [0.15, 0.2) is 0 Å². The molecule has 0 fully saturated rings. The first-order valence-corrected chi connectivity index (χ1v) is 12.6. The molecule has 0 aromatic carbocycles. The molecule has 1 unspecified atom stereocenters. The fourth-order valence-corrected chi connectivity index (χ4v) is 3.73. The van der Waals surface area contributed by atoms with Gasteiger partial charge in [0.15, 0.2) is 0 Å². The lowest BCUT2D eigenvalue weighted by molar-refractivity contribution is -0.164. The zero-order valence-corrected chi connectivity index (χ0v) is 20.0. The van der Waals surface area contributed by atoms with E-state index in [0.717, 1.165) is 38.5 Å².